The Labute approximate surface area is 90.0 Å². The molecule has 0 aliphatic heterocycles. The predicted molar refractivity (Wildman–Crippen MR) is 59.2 cm³/mol. The van der Waals surface area contributed by atoms with E-state index in [2.05, 4.69) is 18.7 Å². The maximum Gasteiger partial charge on any atom is 0.0687 e. The first kappa shape index (κ1) is 11.5. The molecule has 1 aromatic carbocycles. The smallest absolute Gasteiger partial charge is 0.0687 e. The number of nitrogens with two attached hydrogens (primary N) is 1. The predicted octanol–water partition coefficient (Wildman–Crippen LogP) is 2.90. The molecule has 0 bridgehead atoms. The second kappa shape index (κ2) is 4.78. The summed E-state index contributed by atoms with van der Waals surface area (Å²) in [5, 5.41) is 0.764. The number of halogens is 1. The van der Waals surface area contributed by atoms with Crippen molar-refractivity contribution in [3.63, 3.8) is 0 Å². The summed E-state index contributed by atoms with van der Waals surface area (Å²) < 4.78 is 0. The van der Waals surface area contributed by atoms with Gasteiger partial charge in [0.2, 0.25) is 0 Å². The van der Waals surface area contributed by atoms with Crippen LogP contribution in [0.5, 0.6) is 0 Å². The molecule has 0 unspecified atom stereocenters. The van der Waals surface area contributed by atoms with Crippen LogP contribution in [0.2, 0.25) is 5.02 Å². The molecule has 0 spiro atoms. The van der Waals surface area contributed by atoms with E-state index >= 15 is 0 Å². The Balaban J connectivity index is 2.75. The monoisotopic (exact) mass is 213 g/mol. The fourth-order valence-electron chi connectivity index (χ4n) is 1.36. The highest BCUT2D eigenvalue weighted by Gasteiger charge is 2.19. The molecule has 2 N–H and O–H groups in total. The summed E-state index contributed by atoms with van der Waals surface area (Å²) in [7, 11) is 0. The molecule has 0 fully saturated rings. The zero-order valence-electron chi connectivity index (χ0n) is 8.59. The molecule has 0 radical (unpaired) electrons. The van der Waals surface area contributed by atoms with Gasteiger partial charge in [0.1, 0.15) is 0 Å². The van der Waals surface area contributed by atoms with E-state index in [9.17, 15) is 0 Å². The Hall–Kier alpha value is -0.570. The van der Waals surface area contributed by atoms with E-state index in [0.717, 1.165) is 11.4 Å². The molecule has 0 aromatic heterocycles. The lowest BCUT2D eigenvalue weighted by Crippen LogP contribution is -2.20. The zero-order chi connectivity index (χ0) is 10.6. The van der Waals surface area contributed by atoms with Crippen LogP contribution < -0.4 is 5.90 Å². The largest absolute Gasteiger partial charge is 0.305 e. The Morgan fingerprint density at radius 3 is 2.36 bits per heavy atom. The van der Waals surface area contributed by atoms with Gasteiger partial charge < -0.3 is 4.84 Å². The summed E-state index contributed by atoms with van der Waals surface area (Å²) >= 11 is 5.82. The lowest BCUT2D eigenvalue weighted by molar-refractivity contribution is 0.121. The molecular formula is C11H16ClNO. The van der Waals surface area contributed by atoms with Crippen LogP contribution in [-0.2, 0) is 10.3 Å². The maximum absolute atomic E-state index is 5.82. The third-order valence-corrected chi connectivity index (χ3v) is 2.72. The van der Waals surface area contributed by atoms with E-state index in [4.69, 9.17) is 17.5 Å². The van der Waals surface area contributed by atoms with Crippen molar-refractivity contribution in [2.45, 2.75) is 25.7 Å². The highest BCUT2D eigenvalue weighted by atomic mass is 35.5. The van der Waals surface area contributed by atoms with Gasteiger partial charge in [-0.15, -0.1) is 0 Å². The molecular weight excluding hydrogens is 198 g/mol. The molecule has 1 rings (SSSR count). The molecule has 2 nitrogen and oxygen atoms in total. The molecule has 3 heteroatoms. The van der Waals surface area contributed by atoms with E-state index in [0.29, 0.717) is 6.61 Å². The van der Waals surface area contributed by atoms with Gasteiger partial charge in [0.05, 0.1) is 6.61 Å². The van der Waals surface area contributed by atoms with Gasteiger partial charge in [-0.05, 0) is 29.5 Å². The summed E-state index contributed by atoms with van der Waals surface area (Å²) in [6, 6.07) is 7.89. The quantitative estimate of drug-likeness (QED) is 0.781. The van der Waals surface area contributed by atoms with E-state index in [1.165, 1.54) is 5.56 Å². The summed E-state index contributed by atoms with van der Waals surface area (Å²) in [6.07, 6.45) is 0.894. The summed E-state index contributed by atoms with van der Waals surface area (Å²) in [4.78, 5) is 4.60. The molecule has 0 saturated carbocycles. The Bertz CT molecular complexity index is 282. The molecule has 0 heterocycles. The van der Waals surface area contributed by atoms with Gasteiger partial charge in [-0.25, -0.2) is 5.90 Å². The topological polar surface area (TPSA) is 35.2 Å². The Kier molecular flexibility index (Phi) is 3.93. The fourth-order valence-corrected chi connectivity index (χ4v) is 1.49. The lowest BCUT2D eigenvalue weighted by Gasteiger charge is -2.24. The molecule has 1 aromatic rings. The van der Waals surface area contributed by atoms with E-state index < -0.39 is 0 Å². The standard InChI is InChI=1S/C11H16ClNO/c1-11(2,7-8-14-13)9-3-5-10(12)6-4-9/h3-6H,7-8,13H2,1-2H3. The normalized spacial score (nSPS) is 11.7. The molecule has 0 saturated heterocycles. The Morgan fingerprint density at radius 2 is 1.86 bits per heavy atom. The second-order valence-electron chi connectivity index (χ2n) is 4.01. The van der Waals surface area contributed by atoms with Crippen LogP contribution in [0.1, 0.15) is 25.8 Å². The van der Waals surface area contributed by atoms with Crippen molar-refractivity contribution in [1.29, 1.82) is 0 Å². The van der Waals surface area contributed by atoms with Crippen molar-refractivity contribution in [3.05, 3.63) is 34.9 Å². The zero-order valence-corrected chi connectivity index (χ0v) is 9.34. The van der Waals surface area contributed by atoms with Gasteiger partial charge in [0.25, 0.3) is 0 Å². The van der Waals surface area contributed by atoms with Gasteiger partial charge in [0, 0.05) is 5.02 Å². The summed E-state index contributed by atoms with van der Waals surface area (Å²) in [6.45, 7) is 4.89. The third kappa shape index (κ3) is 2.98. The molecule has 0 aliphatic carbocycles. The first-order chi connectivity index (χ1) is 6.56. The highest BCUT2D eigenvalue weighted by molar-refractivity contribution is 6.30. The number of rotatable bonds is 4. The van der Waals surface area contributed by atoms with Crippen molar-refractivity contribution < 1.29 is 4.84 Å². The molecule has 0 aliphatic rings. The van der Waals surface area contributed by atoms with Crippen LogP contribution >= 0.6 is 11.6 Å². The van der Waals surface area contributed by atoms with E-state index in [-0.39, 0.29) is 5.41 Å². The molecule has 0 amide bonds. The van der Waals surface area contributed by atoms with Crippen molar-refractivity contribution in [2.75, 3.05) is 6.61 Å². The number of benzene rings is 1. The van der Waals surface area contributed by atoms with Crippen LogP contribution in [-0.4, -0.2) is 6.61 Å². The van der Waals surface area contributed by atoms with Gasteiger partial charge >= 0.3 is 0 Å². The van der Waals surface area contributed by atoms with Crippen molar-refractivity contribution in [2.24, 2.45) is 5.90 Å². The van der Waals surface area contributed by atoms with Gasteiger partial charge in [-0.2, -0.15) is 0 Å². The fraction of sp³-hybridized carbons (Fsp3) is 0.455. The van der Waals surface area contributed by atoms with Crippen LogP contribution in [0.25, 0.3) is 0 Å². The first-order valence-electron chi connectivity index (χ1n) is 4.64. The average molecular weight is 214 g/mol. The van der Waals surface area contributed by atoms with Crippen molar-refractivity contribution >= 4 is 11.6 Å². The lowest BCUT2D eigenvalue weighted by atomic mass is 9.82. The summed E-state index contributed by atoms with van der Waals surface area (Å²) in [5.41, 5.74) is 1.32. The van der Waals surface area contributed by atoms with Crippen LogP contribution in [0.4, 0.5) is 0 Å². The molecule has 0 atom stereocenters. The first-order valence-corrected chi connectivity index (χ1v) is 5.02. The van der Waals surface area contributed by atoms with Crippen LogP contribution in [0.3, 0.4) is 0 Å². The highest BCUT2D eigenvalue weighted by Crippen LogP contribution is 2.27. The number of hydrogen-bond donors (Lipinski definition) is 1. The minimum Gasteiger partial charge on any atom is -0.305 e. The molecule has 14 heavy (non-hydrogen) atoms. The summed E-state index contributed by atoms with van der Waals surface area (Å²) in [5.74, 6) is 5.02. The second-order valence-corrected chi connectivity index (χ2v) is 4.45. The van der Waals surface area contributed by atoms with Gasteiger partial charge in [-0.1, -0.05) is 37.6 Å². The van der Waals surface area contributed by atoms with Crippen LogP contribution in [0.15, 0.2) is 24.3 Å². The van der Waals surface area contributed by atoms with Crippen molar-refractivity contribution in [1.82, 2.24) is 0 Å². The maximum atomic E-state index is 5.82. The van der Waals surface area contributed by atoms with Crippen molar-refractivity contribution in [3.8, 4) is 0 Å². The molecule has 78 valence electrons. The third-order valence-electron chi connectivity index (χ3n) is 2.47. The average Bonchev–Trinajstić information content (AvgIpc) is 2.16. The minimum absolute atomic E-state index is 0.0734. The number of hydrogen-bond acceptors (Lipinski definition) is 2. The Morgan fingerprint density at radius 1 is 1.29 bits per heavy atom. The van der Waals surface area contributed by atoms with E-state index in [1.807, 2.05) is 24.3 Å². The van der Waals surface area contributed by atoms with Gasteiger partial charge in [0.15, 0.2) is 0 Å². The van der Waals surface area contributed by atoms with Gasteiger partial charge in [-0.3, -0.25) is 0 Å². The SMILES string of the molecule is CC(C)(CCON)c1ccc(Cl)cc1. The minimum atomic E-state index is 0.0734. The van der Waals surface area contributed by atoms with Crippen LogP contribution in [0, 0.1) is 0 Å². The van der Waals surface area contributed by atoms with E-state index in [1.54, 1.807) is 0 Å².